The molecule has 2 fully saturated rings. The number of anilines is 2. The number of hydrogen-bond donors (Lipinski definition) is 1. The Morgan fingerprint density at radius 3 is 2.75 bits per heavy atom. The fourth-order valence-electron chi connectivity index (χ4n) is 3.82. The number of nitrogens with one attached hydrogen (secondary N) is 1. The van der Waals surface area contributed by atoms with Gasteiger partial charge in [-0.1, -0.05) is 48.6 Å². The van der Waals surface area contributed by atoms with Crippen molar-refractivity contribution in [2.45, 2.75) is 44.6 Å². The normalized spacial score (nSPS) is 20.6. The topological polar surface area (TPSA) is 78.4 Å². The Balaban J connectivity index is 1.38. The molecule has 1 N–H and O–H groups in total. The van der Waals surface area contributed by atoms with Gasteiger partial charge in [-0.25, -0.2) is 0 Å². The second kappa shape index (κ2) is 8.26. The van der Waals surface area contributed by atoms with E-state index in [4.69, 9.17) is 0 Å². The van der Waals surface area contributed by atoms with Gasteiger partial charge in [-0.05, 0) is 30.7 Å². The molecule has 4 rings (SSSR count). The first-order valence-electron chi connectivity index (χ1n) is 9.86. The van der Waals surface area contributed by atoms with Gasteiger partial charge < -0.3 is 10.2 Å². The monoisotopic (exact) mass is 399 g/mol. The first-order valence-corrected chi connectivity index (χ1v) is 10.7. The van der Waals surface area contributed by atoms with Crippen molar-refractivity contribution in [2.24, 2.45) is 0 Å². The maximum atomic E-state index is 12.8. The van der Waals surface area contributed by atoms with Crippen LogP contribution >= 0.6 is 11.3 Å². The molecule has 0 saturated carbocycles. The number of aromatic nitrogens is 2. The summed E-state index contributed by atoms with van der Waals surface area (Å²) in [7, 11) is 0. The van der Waals surface area contributed by atoms with E-state index in [0.29, 0.717) is 24.6 Å². The summed E-state index contributed by atoms with van der Waals surface area (Å²) in [5.74, 6) is 0.400. The molecule has 2 aromatic rings. The maximum absolute atomic E-state index is 12.8. The summed E-state index contributed by atoms with van der Waals surface area (Å²) >= 11 is 1.40. The lowest BCUT2D eigenvalue weighted by Crippen LogP contribution is -2.44. The number of carbonyl (C=O) groups is 2. The lowest BCUT2D eigenvalue weighted by Gasteiger charge is -2.23. The summed E-state index contributed by atoms with van der Waals surface area (Å²) in [6.07, 6.45) is 3.19. The van der Waals surface area contributed by atoms with E-state index in [1.165, 1.54) is 16.9 Å². The summed E-state index contributed by atoms with van der Waals surface area (Å²) in [6, 6.07) is 9.98. The summed E-state index contributed by atoms with van der Waals surface area (Å²) in [4.78, 5) is 28.5. The first kappa shape index (κ1) is 18.9. The average molecular weight is 400 g/mol. The minimum absolute atomic E-state index is 0.0364. The van der Waals surface area contributed by atoms with Crippen LogP contribution in [0.4, 0.5) is 10.3 Å². The van der Waals surface area contributed by atoms with Gasteiger partial charge in [0, 0.05) is 26.1 Å². The number of nitrogens with zero attached hydrogens (tertiary/aromatic N) is 4. The fourth-order valence-corrected chi connectivity index (χ4v) is 4.79. The van der Waals surface area contributed by atoms with Gasteiger partial charge in [0.1, 0.15) is 6.04 Å². The molecule has 2 amide bonds. The molecule has 0 bridgehead atoms. The first-order chi connectivity index (χ1) is 13.6. The minimum Gasteiger partial charge on any atom is -0.354 e. The molecule has 3 heterocycles. The van der Waals surface area contributed by atoms with Crippen molar-refractivity contribution in [1.82, 2.24) is 15.5 Å². The standard InChI is InChI=1S/C20H25N5O2S/c1-14(15-7-3-2-4-8-15)13-21-18(27)16-9-5-11-24(16)19-22-23-20(28-19)25-12-6-10-17(25)26/h2-4,7-8,14,16H,5-6,9-13H2,1H3,(H,21,27). The number of benzene rings is 1. The van der Waals surface area contributed by atoms with Crippen LogP contribution in [0.3, 0.4) is 0 Å². The lowest BCUT2D eigenvalue weighted by molar-refractivity contribution is -0.122. The molecule has 0 spiro atoms. The highest BCUT2D eigenvalue weighted by atomic mass is 32.1. The Morgan fingerprint density at radius 2 is 2.00 bits per heavy atom. The highest BCUT2D eigenvalue weighted by Crippen LogP contribution is 2.33. The minimum atomic E-state index is -0.224. The van der Waals surface area contributed by atoms with Crippen molar-refractivity contribution < 1.29 is 9.59 Å². The number of carbonyl (C=O) groups excluding carboxylic acids is 2. The van der Waals surface area contributed by atoms with Gasteiger partial charge in [0.25, 0.3) is 0 Å². The molecule has 0 aliphatic carbocycles. The highest BCUT2D eigenvalue weighted by Gasteiger charge is 2.34. The van der Waals surface area contributed by atoms with Gasteiger partial charge in [-0.3, -0.25) is 14.5 Å². The maximum Gasteiger partial charge on any atom is 0.242 e. The van der Waals surface area contributed by atoms with Gasteiger partial charge in [-0.15, -0.1) is 10.2 Å². The highest BCUT2D eigenvalue weighted by molar-refractivity contribution is 7.19. The van der Waals surface area contributed by atoms with Crippen molar-refractivity contribution in [3.05, 3.63) is 35.9 Å². The average Bonchev–Trinajstić information content (AvgIpc) is 3.46. The molecule has 1 aromatic heterocycles. The molecule has 7 nitrogen and oxygen atoms in total. The molecule has 28 heavy (non-hydrogen) atoms. The molecule has 2 saturated heterocycles. The predicted molar refractivity (Wildman–Crippen MR) is 110 cm³/mol. The van der Waals surface area contributed by atoms with E-state index in [-0.39, 0.29) is 23.8 Å². The molecule has 1 aromatic carbocycles. The van der Waals surface area contributed by atoms with E-state index < -0.39 is 0 Å². The van der Waals surface area contributed by atoms with Crippen LogP contribution in [-0.4, -0.2) is 47.7 Å². The summed E-state index contributed by atoms with van der Waals surface area (Å²) in [6.45, 7) is 4.21. The van der Waals surface area contributed by atoms with Crippen molar-refractivity contribution in [3.63, 3.8) is 0 Å². The summed E-state index contributed by atoms with van der Waals surface area (Å²) in [5, 5.41) is 12.9. The van der Waals surface area contributed by atoms with E-state index in [2.05, 4.69) is 34.6 Å². The van der Waals surface area contributed by atoms with Gasteiger partial charge in [0.05, 0.1) is 0 Å². The fraction of sp³-hybridized carbons (Fsp3) is 0.500. The van der Waals surface area contributed by atoms with Gasteiger partial charge in [0.2, 0.25) is 22.1 Å². The molecule has 148 valence electrons. The SMILES string of the molecule is CC(CNC(=O)C1CCCN1c1nnc(N2CCCC2=O)s1)c1ccccc1. The zero-order valence-corrected chi connectivity index (χ0v) is 16.8. The van der Waals surface area contributed by atoms with Crippen molar-refractivity contribution in [3.8, 4) is 0 Å². The molecular formula is C20H25N5O2S. The van der Waals surface area contributed by atoms with E-state index in [1.54, 1.807) is 4.90 Å². The quantitative estimate of drug-likeness (QED) is 0.808. The second-order valence-corrected chi connectivity index (χ2v) is 8.36. The molecule has 2 aliphatic heterocycles. The van der Waals surface area contributed by atoms with Crippen LogP contribution in [0, 0.1) is 0 Å². The molecule has 2 atom stereocenters. The van der Waals surface area contributed by atoms with Crippen molar-refractivity contribution in [1.29, 1.82) is 0 Å². The molecular weight excluding hydrogens is 374 g/mol. The summed E-state index contributed by atoms with van der Waals surface area (Å²) < 4.78 is 0. The Morgan fingerprint density at radius 1 is 1.21 bits per heavy atom. The largest absolute Gasteiger partial charge is 0.354 e. The predicted octanol–water partition coefficient (Wildman–Crippen LogP) is 2.55. The summed E-state index contributed by atoms with van der Waals surface area (Å²) in [5.41, 5.74) is 1.22. The molecule has 2 aliphatic rings. The third-order valence-corrected chi connectivity index (χ3v) is 6.44. The Bertz CT molecular complexity index is 840. The van der Waals surface area contributed by atoms with Crippen LogP contribution in [0.1, 0.15) is 44.1 Å². The van der Waals surface area contributed by atoms with Crippen molar-refractivity contribution >= 4 is 33.4 Å². The van der Waals surface area contributed by atoms with Crippen LogP contribution in [0.25, 0.3) is 0 Å². The number of hydrogen-bond acceptors (Lipinski definition) is 6. The second-order valence-electron chi connectivity index (χ2n) is 7.42. The Hall–Kier alpha value is -2.48. The zero-order chi connectivity index (χ0) is 19.5. The van der Waals surface area contributed by atoms with E-state index in [9.17, 15) is 9.59 Å². The Labute approximate surface area is 168 Å². The van der Waals surface area contributed by atoms with Gasteiger partial charge in [0.15, 0.2) is 0 Å². The molecule has 8 heteroatoms. The third kappa shape index (κ3) is 3.87. The van der Waals surface area contributed by atoms with Crippen molar-refractivity contribution in [2.75, 3.05) is 29.4 Å². The van der Waals surface area contributed by atoms with Crippen LogP contribution in [0.5, 0.6) is 0 Å². The van der Waals surface area contributed by atoms with Gasteiger partial charge >= 0.3 is 0 Å². The lowest BCUT2D eigenvalue weighted by atomic mass is 10.0. The zero-order valence-electron chi connectivity index (χ0n) is 16.0. The number of amides is 2. The number of rotatable bonds is 6. The van der Waals surface area contributed by atoms with Crippen LogP contribution in [0.15, 0.2) is 30.3 Å². The third-order valence-electron chi connectivity index (χ3n) is 5.46. The van der Waals surface area contributed by atoms with Crippen LogP contribution < -0.4 is 15.1 Å². The Kier molecular flexibility index (Phi) is 5.57. The smallest absolute Gasteiger partial charge is 0.242 e. The molecule has 2 unspecified atom stereocenters. The van der Waals surface area contributed by atoms with E-state index in [0.717, 1.165) is 30.9 Å². The van der Waals surface area contributed by atoms with E-state index in [1.807, 2.05) is 23.1 Å². The van der Waals surface area contributed by atoms with Crippen LogP contribution in [0.2, 0.25) is 0 Å². The van der Waals surface area contributed by atoms with Crippen LogP contribution in [-0.2, 0) is 9.59 Å². The molecule has 0 radical (unpaired) electrons. The van der Waals surface area contributed by atoms with E-state index >= 15 is 0 Å². The van der Waals surface area contributed by atoms with Gasteiger partial charge in [-0.2, -0.15) is 0 Å².